The van der Waals surface area contributed by atoms with Gasteiger partial charge in [0.05, 0.1) is 17.3 Å². The lowest BCUT2D eigenvalue weighted by Gasteiger charge is -2.39. The Morgan fingerprint density at radius 1 is 1.40 bits per heavy atom. The van der Waals surface area contributed by atoms with E-state index in [0.29, 0.717) is 5.69 Å². The van der Waals surface area contributed by atoms with Crippen LogP contribution in [-0.2, 0) is 4.79 Å². The van der Waals surface area contributed by atoms with E-state index in [1.807, 2.05) is 4.90 Å². The second-order valence-electron chi connectivity index (χ2n) is 5.41. The first-order valence-electron chi connectivity index (χ1n) is 6.99. The Bertz CT molecular complexity index is 485. The minimum Gasteiger partial charge on any atom is -0.375 e. The average molecular weight is 299 g/mol. The molecule has 0 radical (unpaired) electrons. The van der Waals surface area contributed by atoms with Gasteiger partial charge in [-0.15, -0.1) is 0 Å². The van der Waals surface area contributed by atoms with Gasteiger partial charge < -0.3 is 10.2 Å². The predicted octanol–water partition coefficient (Wildman–Crippen LogP) is 3.68. The fourth-order valence-corrected chi connectivity index (χ4v) is 3.04. The van der Waals surface area contributed by atoms with Gasteiger partial charge in [-0.3, -0.25) is 4.79 Å². The van der Waals surface area contributed by atoms with E-state index in [1.165, 1.54) is 18.6 Å². The van der Waals surface area contributed by atoms with E-state index in [2.05, 4.69) is 19.2 Å². The number of likely N-dealkylation sites (tertiary alicyclic amines) is 1. The van der Waals surface area contributed by atoms with Gasteiger partial charge in [-0.2, -0.15) is 0 Å². The Hall–Kier alpha value is -1.29. The van der Waals surface area contributed by atoms with E-state index >= 15 is 0 Å². The average Bonchev–Trinajstić information content (AvgIpc) is 2.37. The number of hydrogen-bond donors (Lipinski definition) is 1. The molecule has 1 aliphatic rings. The summed E-state index contributed by atoms with van der Waals surface area (Å²) in [6.45, 7) is 4.34. The van der Waals surface area contributed by atoms with Crippen molar-refractivity contribution in [2.45, 2.75) is 45.2 Å². The van der Waals surface area contributed by atoms with Gasteiger partial charge in [0.15, 0.2) is 0 Å². The first-order chi connectivity index (χ1) is 9.49. The SMILES string of the molecule is CC1CCCC(C)N1C(=O)CNc1ccc(F)cc1Cl. The third-order valence-electron chi connectivity index (χ3n) is 3.84. The maximum atomic E-state index is 13.0. The number of carbonyl (C=O) groups is 1. The Morgan fingerprint density at radius 3 is 2.65 bits per heavy atom. The molecule has 2 rings (SSSR count). The molecule has 0 saturated carbocycles. The van der Waals surface area contributed by atoms with E-state index in [0.717, 1.165) is 12.8 Å². The highest BCUT2D eigenvalue weighted by Gasteiger charge is 2.28. The van der Waals surface area contributed by atoms with Gasteiger partial charge in [0.1, 0.15) is 5.82 Å². The van der Waals surface area contributed by atoms with Crippen LogP contribution in [0.2, 0.25) is 5.02 Å². The molecular formula is C15H20ClFN2O. The normalized spacial score (nSPS) is 22.7. The second kappa shape index (κ2) is 6.44. The molecule has 1 saturated heterocycles. The van der Waals surface area contributed by atoms with Crippen LogP contribution in [0.3, 0.4) is 0 Å². The number of nitrogens with one attached hydrogen (secondary N) is 1. The predicted molar refractivity (Wildman–Crippen MR) is 79.5 cm³/mol. The lowest BCUT2D eigenvalue weighted by Crippen LogP contribution is -2.49. The van der Waals surface area contributed by atoms with Crippen LogP contribution in [0.4, 0.5) is 10.1 Å². The van der Waals surface area contributed by atoms with Crippen molar-refractivity contribution in [3.63, 3.8) is 0 Å². The summed E-state index contributed by atoms with van der Waals surface area (Å²) in [4.78, 5) is 14.3. The molecule has 0 bridgehead atoms. The second-order valence-corrected chi connectivity index (χ2v) is 5.81. The molecule has 0 aromatic heterocycles. The number of anilines is 1. The lowest BCUT2D eigenvalue weighted by molar-refractivity contribution is -0.135. The molecule has 0 spiro atoms. The van der Waals surface area contributed by atoms with Gasteiger partial charge in [0.2, 0.25) is 5.91 Å². The summed E-state index contributed by atoms with van der Waals surface area (Å²) < 4.78 is 13.0. The first-order valence-corrected chi connectivity index (χ1v) is 7.37. The van der Waals surface area contributed by atoms with Gasteiger partial charge >= 0.3 is 0 Å². The molecule has 1 aromatic rings. The Kier molecular flexibility index (Phi) is 4.86. The van der Waals surface area contributed by atoms with E-state index in [4.69, 9.17) is 11.6 Å². The van der Waals surface area contributed by atoms with Crippen LogP contribution >= 0.6 is 11.6 Å². The summed E-state index contributed by atoms with van der Waals surface area (Å²) in [5.41, 5.74) is 0.582. The minimum atomic E-state index is -0.384. The van der Waals surface area contributed by atoms with E-state index in [1.54, 1.807) is 6.07 Å². The van der Waals surface area contributed by atoms with Crippen LogP contribution in [0.1, 0.15) is 33.1 Å². The van der Waals surface area contributed by atoms with Gasteiger partial charge in [-0.25, -0.2) is 4.39 Å². The molecular weight excluding hydrogens is 279 g/mol. The smallest absolute Gasteiger partial charge is 0.242 e. The number of rotatable bonds is 3. The molecule has 20 heavy (non-hydrogen) atoms. The van der Waals surface area contributed by atoms with Crippen LogP contribution in [0.5, 0.6) is 0 Å². The molecule has 110 valence electrons. The van der Waals surface area contributed by atoms with E-state index < -0.39 is 0 Å². The number of amides is 1. The van der Waals surface area contributed by atoms with Gasteiger partial charge in [-0.1, -0.05) is 11.6 Å². The highest BCUT2D eigenvalue weighted by molar-refractivity contribution is 6.33. The van der Waals surface area contributed by atoms with Crippen molar-refractivity contribution in [2.75, 3.05) is 11.9 Å². The quantitative estimate of drug-likeness (QED) is 0.923. The first kappa shape index (κ1) is 15.1. The standard InChI is InChI=1S/C15H20ClFN2O/c1-10-4-3-5-11(2)19(10)15(20)9-18-14-7-6-12(17)8-13(14)16/h6-8,10-11,18H,3-5,9H2,1-2H3. The van der Waals surface area contributed by atoms with E-state index in [9.17, 15) is 9.18 Å². The summed E-state index contributed by atoms with van der Waals surface area (Å²) in [5.74, 6) is -0.324. The molecule has 1 amide bonds. The van der Waals surface area contributed by atoms with Crippen molar-refractivity contribution in [3.8, 4) is 0 Å². The number of nitrogens with zero attached hydrogens (tertiary/aromatic N) is 1. The van der Waals surface area contributed by atoms with Crippen LogP contribution in [0, 0.1) is 5.82 Å². The zero-order valence-corrected chi connectivity index (χ0v) is 12.6. The highest BCUT2D eigenvalue weighted by Crippen LogP contribution is 2.24. The molecule has 1 heterocycles. The van der Waals surface area contributed by atoms with Gasteiger partial charge in [0.25, 0.3) is 0 Å². The zero-order chi connectivity index (χ0) is 14.7. The molecule has 1 aromatic carbocycles. The minimum absolute atomic E-state index is 0.0603. The largest absolute Gasteiger partial charge is 0.375 e. The summed E-state index contributed by atoms with van der Waals surface area (Å²) >= 11 is 5.93. The molecule has 1 N–H and O–H groups in total. The number of benzene rings is 1. The van der Waals surface area contributed by atoms with Gasteiger partial charge in [-0.05, 0) is 51.3 Å². The van der Waals surface area contributed by atoms with Crippen LogP contribution in [-0.4, -0.2) is 29.4 Å². The highest BCUT2D eigenvalue weighted by atomic mass is 35.5. The topological polar surface area (TPSA) is 32.3 Å². The molecule has 3 nitrogen and oxygen atoms in total. The van der Waals surface area contributed by atoms with Crippen LogP contribution < -0.4 is 5.32 Å². The molecule has 2 atom stereocenters. The van der Waals surface area contributed by atoms with Crippen molar-refractivity contribution in [1.82, 2.24) is 4.90 Å². The lowest BCUT2D eigenvalue weighted by atomic mass is 9.97. The van der Waals surface area contributed by atoms with E-state index in [-0.39, 0.29) is 35.4 Å². The van der Waals surface area contributed by atoms with Crippen molar-refractivity contribution >= 4 is 23.2 Å². The Balaban J connectivity index is 1.97. The molecule has 2 unspecified atom stereocenters. The third-order valence-corrected chi connectivity index (χ3v) is 4.16. The summed E-state index contributed by atoms with van der Waals surface area (Å²) in [6, 6.07) is 4.66. The number of piperidine rings is 1. The number of carbonyl (C=O) groups excluding carboxylic acids is 1. The van der Waals surface area contributed by atoms with Crippen LogP contribution in [0.15, 0.2) is 18.2 Å². The molecule has 5 heteroatoms. The summed E-state index contributed by atoms with van der Waals surface area (Å²) in [7, 11) is 0. The van der Waals surface area contributed by atoms with Gasteiger partial charge in [0, 0.05) is 12.1 Å². The monoisotopic (exact) mass is 298 g/mol. The number of hydrogen-bond acceptors (Lipinski definition) is 2. The summed E-state index contributed by atoms with van der Waals surface area (Å²) in [5, 5.41) is 3.28. The van der Waals surface area contributed by atoms with Crippen LogP contribution in [0.25, 0.3) is 0 Å². The van der Waals surface area contributed by atoms with Crippen molar-refractivity contribution < 1.29 is 9.18 Å². The molecule has 1 fully saturated rings. The molecule has 1 aliphatic heterocycles. The third kappa shape index (κ3) is 3.42. The maximum absolute atomic E-state index is 13.0. The fraction of sp³-hybridized carbons (Fsp3) is 0.533. The molecule has 0 aliphatic carbocycles. The Morgan fingerprint density at radius 2 is 2.05 bits per heavy atom. The summed E-state index contributed by atoms with van der Waals surface area (Å²) in [6.07, 6.45) is 3.27. The number of halogens is 2. The maximum Gasteiger partial charge on any atom is 0.242 e. The fourth-order valence-electron chi connectivity index (χ4n) is 2.81. The van der Waals surface area contributed by atoms with Crippen molar-refractivity contribution in [3.05, 3.63) is 29.0 Å². The van der Waals surface area contributed by atoms with Crippen molar-refractivity contribution in [2.24, 2.45) is 0 Å². The van der Waals surface area contributed by atoms with Crippen molar-refractivity contribution in [1.29, 1.82) is 0 Å². The Labute approximate surface area is 124 Å². The zero-order valence-electron chi connectivity index (χ0n) is 11.8.